The molecule has 0 saturated carbocycles. The van der Waals surface area contributed by atoms with E-state index >= 15 is 0 Å². The Morgan fingerprint density at radius 1 is 1.38 bits per heavy atom. The zero-order valence-electron chi connectivity index (χ0n) is 11.4. The smallest absolute Gasteiger partial charge is 0.330 e. The van der Waals surface area contributed by atoms with Crippen molar-refractivity contribution in [3.05, 3.63) is 48.0 Å². The monoisotopic (exact) mass is 293 g/mol. The van der Waals surface area contributed by atoms with E-state index < -0.39 is 30.4 Å². The number of carbonyl (C=O) groups is 2. The summed E-state index contributed by atoms with van der Waals surface area (Å²) in [6, 6.07) is 7.31. The van der Waals surface area contributed by atoms with Gasteiger partial charge in [-0.3, -0.25) is 4.79 Å². The largest absolute Gasteiger partial charge is 0.454 e. The van der Waals surface area contributed by atoms with Crippen molar-refractivity contribution in [3.63, 3.8) is 0 Å². The van der Waals surface area contributed by atoms with Gasteiger partial charge in [0.2, 0.25) is 5.91 Å². The van der Waals surface area contributed by atoms with Gasteiger partial charge in [0, 0.05) is 13.0 Å². The van der Waals surface area contributed by atoms with Gasteiger partial charge in [0.25, 0.3) is 0 Å². The number of hydrogen-bond acceptors (Lipinski definition) is 4. The first-order valence-corrected chi connectivity index (χ1v) is 6.52. The molecular formula is C15H16FNO4. The molecule has 4 atom stereocenters. The number of ether oxygens (including phenoxy) is 1. The molecule has 0 spiro atoms. The maximum Gasteiger partial charge on any atom is 0.330 e. The maximum absolute atomic E-state index is 14.4. The van der Waals surface area contributed by atoms with Crippen LogP contribution in [-0.2, 0) is 14.3 Å². The molecule has 1 aliphatic rings. The zero-order valence-corrected chi connectivity index (χ0v) is 11.4. The van der Waals surface area contributed by atoms with Gasteiger partial charge in [0.15, 0.2) is 12.3 Å². The van der Waals surface area contributed by atoms with Crippen molar-refractivity contribution in [3.8, 4) is 0 Å². The summed E-state index contributed by atoms with van der Waals surface area (Å²) in [7, 11) is 0. The Morgan fingerprint density at radius 3 is 2.67 bits per heavy atom. The lowest BCUT2D eigenvalue weighted by molar-refractivity contribution is -0.156. The lowest BCUT2D eigenvalue weighted by Gasteiger charge is -2.32. The number of rotatable bonds is 4. The Kier molecular flexibility index (Phi) is 4.70. The molecule has 112 valence electrons. The number of cyclic esters (lactones) is 1. The van der Waals surface area contributed by atoms with E-state index in [-0.39, 0.29) is 11.5 Å². The minimum Gasteiger partial charge on any atom is -0.454 e. The third kappa shape index (κ3) is 3.66. The van der Waals surface area contributed by atoms with E-state index in [2.05, 4.69) is 5.32 Å². The topological polar surface area (TPSA) is 75.6 Å². The van der Waals surface area contributed by atoms with E-state index in [0.717, 1.165) is 6.08 Å². The summed E-state index contributed by atoms with van der Waals surface area (Å²) in [5, 5.41) is 12.7. The van der Waals surface area contributed by atoms with E-state index in [0.29, 0.717) is 0 Å². The van der Waals surface area contributed by atoms with Crippen LogP contribution in [0.5, 0.6) is 0 Å². The van der Waals surface area contributed by atoms with Gasteiger partial charge in [-0.2, -0.15) is 0 Å². The molecule has 1 heterocycles. The molecule has 4 unspecified atom stereocenters. The van der Waals surface area contributed by atoms with Gasteiger partial charge >= 0.3 is 5.97 Å². The average molecular weight is 293 g/mol. The van der Waals surface area contributed by atoms with Crippen molar-refractivity contribution in [1.29, 1.82) is 0 Å². The first-order valence-electron chi connectivity index (χ1n) is 6.52. The van der Waals surface area contributed by atoms with Crippen LogP contribution >= 0.6 is 0 Å². The van der Waals surface area contributed by atoms with E-state index in [1.807, 2.05) is 0 Å². The number of benzene rings is 1. The molecular weight excluding hydrogens is 277 g/mol. The van der Waals surface area contributed by atoms with Crippen LogP contribution < -0.4 is 5.32 Å². The molecule has 5 nitrogen and oxygen atoms in total. The number of aliphatic hydroxyl groups is 1. The standard InChI is InChI=1S/C15H16FNO4/c1-9(18)17-11-7-8-12(19)21-15(11)14(20)13(16)10-5-3-2-4-6-10/h2-8,11,13-15,20H,1H3,(H,17,18). The summed E-state index contributed by atoms with van der Waals surface area (Å²) in [4.78, 5) is 22.5. The van der Waals surface area contributed by atoms with Crippen LogP contribution in [0.15, 0.2) is 42.5 Å². The minimum absolute atomic E-state index is 0.275. The number of esters is 1. The Morgan fingerprint density at radius 2 is 2.05 bits per heavy atom. The number of carbonyl (C=O) groups excluding carboxylic acids is 2. The summed E-state index contributed by atoms with van der Waals surface area (Å²) >= 11 is 0. The second-order valence-corrected chi connectivity index (χ2v) is 4.79. The number of amides is 1. The van der Waals surface area contributed by atoms with Crippen molar-refractivity contribution in [2.45, 2.75) is 31.3 Å². The van der Waals surface area contributed by atoms with Gasteiger partial charge in [0.1, 0.15) is 6.10 Å². The first-order chi connectivity index (χ1) is 9.99. The molecule has 2 rings (SSSR count). The van der Waals surface area contributed by atoms with Gasteiger partial charge in [-0.05, 0) is 5.56 Å². The van der Waals surface area contributed by atoms with Gasteiger partial charge in [-0.15, -0.1) is 0 Å². The summed E-state index contributed by atoms with van der Waals surface area (Å²) < 4.78 is 19.3. The molecule has 1 aromatic rings. The van der Waals surface area contributed by atoms with E-state index in [1.54, 1.807) is 18.2 Å². The van der Waals surface area contributed by atoms with Crippen molar-refractivity contribution < 1.29 is 23.8 Å². The van der Waals surface area contributed by atoms with E-state index in [1.165, 1.54) is 25.1 Å². The molecule has 1 aromatic carbocycles. The zero-order chi connectivity index (χ0) is 15.4. The Bertz CT molecular complexity index is 546. The molecule has 0 aromatic heterocycles. The molecule has 1 aliphatic heterocycles. The highest BCUT2D eigenvalue weighted by atomic mass is 19.1. The number of hydrogen-bond donors (Lipinski definition) is 2. The average Bonchev–Trinajstić information content (AvgIpc) is 2.48. The van der Waals surface area contributed by atoms with Gasteiger partial charge in [-0.25, -0.2) is 9.18 Å². The molecule has 0 fully saturated rings. The summed E-state index contributed by atoms with van der Waals surface area (Å²) in [6.07, 6.45) is -1.97. The molecule has 6 heteroatoms. The van der Waals surface area contributed by atoms with Crippen molar-refractivity contribution in [2.24, 2.45) is 0 Å². The summed E-state index contributed by atoms with van der Waals surface area (Å²) in [5.74, 6) is -1.05. The molecule has 21 heavy (non-hydrogen) atoms. The normalized spacial score (nSPS) is 24.0. The second-order valence-electron chi connectivity index (χ2n) is 4.79. The fraction of sp³-hybridized carbons (Fsp3) is 0.333. The predicted molar refractivity (Wildman–Crippen MR) is 72.9 cm³/mol. The minimum atomic E-state index is -1.73. The number of halogens is 1. The number of aliphatic hydroxyl groups excluding tert-OH is 1. The highest BCUT2D eigenvalue weighted by Crippen LogP contribution is 2.27. The molecule has 1 amide bonds. The van der Waals surface area contributed by atoms with Gasteiger partial charge < -0.3 is 15.2 Å². The molecule has 0 radical (unpaired) electrons. The fourth-order valence-corrected chi connectivity index (χ4v) is 2.19. The third-order valence-electron chi connectivity index (χ3n) is 3.17. The first kappa shape index (κ1) is 15.2. The van der Waals surface area contributed by atoms with Crippen LogP contribution in [0, 0.1) is 0 Å². The number of alkyl halides is 1. The third-order valence-corrected chi connectivity index (χ3v) is 3.17. The Balaban J connectivity index is 2.18. The SMILES string of the molecule is CC(=O)NC1C=CC(=O)OC1C(O)C(F)c1ccccc1. The van der Waals surface area contributed by atoms with Gasteiger partial charge in [0.05, 0.1) is 6.04 Å². The van der Waals surface area contributed by atoms with Crippen molar-refractivity contribution in [1.82, 2.24) is 5.32 Å². The predicted octanol–water partition coefficient (Wildman–Crippen LogP) is 1.04. The van der Waals surface area contributed by atoms with Crippen LogP contribution in [-0.4, -0.2) is 35.2 Å². The van der Waals surface area contributed by atoms with E-state index in [4.69, 9.17) is 4.74 Å². The quantitative estimate of drug-likeness (QED) is 0.814. The Hall–Kier alpha value is -2.21. The van der Waals surface area contributed by atoms with Crippen molar-refractivity contribution in [2.75, 3.05) is 0 Å². The molecule has 0 aliphatic carbocycles. The highest BCUT2D eigenvalue weighted by Gasteiger charge is 2.38. The fourth-order valence-electron chi connectivity index (χ4n) is 2.19. The molecule has 0 bridgehead atoms. The summed E-state index contributed by atoms with van der Waals surface area (Å²) in [5.41, 5.74) is 0.275. The van der Waals surface area contributed by atoms with Gasteiger partial charge in [-0.1, -0.05) is 36.4 Å². The summed E-state index contributed by atoms with van der Waals surface area (Å²) in [6.45, 7) is 1.29. The van der Waals surface area contributed by atoms with Crippen LogP contribution in [0.2, 0.25) is 0 Å². The van der Waals surface area contributed by atoms with Crippen molar-refractivity contribution >= 4 is 11.9 Å². The van der Waals surface area contributed by atoms with Crippen LogP contribution in [0.1, 0.15) is 18.7 Å². The Labute approximate surface area is 121 Å². The van der Waals surface area contributed by atoms with Crippen LogP contribution in [0.25, 0.3) is 0 Å². The van der Waals surface area contributed by atoms with E-state index in [9.17, 15) is 19.1 Å². The highest BCUT2D eigenvalue weighted by molar-refractivity contribution is 5.84. The van der Waals surface area contributed by atoms with Crippen LogP contribution in [0.3, 0.4) is 0 Å². The molecule has 2 N–H and O–H groups in total. The lowest BCUT2D eigenvalue weighted by Crippen LogP contribution is -2.52. The van der Waals surface area contributed by atoms with Crippen LogP contribution in [0.4, 0.5) is 4.39 Å². The maximum atomic E-state index is 14.4. The lowest BCUT2D eigenvalue weighted by atomic mass is 9.95. The number of nitrogens with one attached hydrogen (secondary N) is 1. The second kappa shape index (κ2) is 6.49. The molecule has 0 saturated heterocycles.